The number of rotatable bonds is 4. The van der Waals surface area contributed by atoms with Crippen LogP contribution in [-0.2, 0) is 17.8 Å². The van der Waals surface area contributed by atoms with Crippen molar-refractivity contribution in [3.05, 3.63) is 52.8 Å². The van der Waals surface area contributed by atoms with Gasteiger partial charge in [0.1, 0.15) is 0 Å². The number of aromatic amines is 1. The lowest BCUT2D eigenvalue weighted by Gasteiger charge is -2.35. The molecule has 0 unspecified atom stereocenters. The van der Waals surface area contributed by atoms with Crippen molar-refractivity contribution in [2.24, 2.45) is 5.92 Å². The van der Waals surface area contributed by atoms with Crippen LogP contribution < -0.4 is 0 Å². The third-order valence-corrected chi connectivity index (χ3v) is 7.81. The zero-order chi connectivity index (χ0) is 22.8. The van der Waals surface area contributed by atoms with Crippen LogP contribution in [0.4, 0.5) is 0 Å². The average molecular weight is 450 g/mol. The minimum absolute atomic E-state index is 0.0612. The summed E-state index contributed by atoms with van der Waals surface area (Å²) in [7, 11) is 0. The number of nitrogens with zero attached hydrogens (tertiary/aromatic N) is 4. The number of piperidine rings is 2. The highest BCUT2D eigenvalue weighted by atomic mass is 16.2. The molecule has 7 heteroatoms. The van der Waals surface area contributed by atoms with Crippen molar-refractivity contribution in [1.29, 1.82) is 0 Å². The summed E-state index contributed by atoms with van der Waals surface area (Å²) < 4.78 is 0. The summed E-state index contributed by atoms with van der Waals surface area (Å²) in [5, 5.41) is 7.35. The van der Waals surface area contributed by atoms with Gasteiger partial charge in [0.15, 0.2) is 0 Å². The fourth-order valence-corrected chi connectivity index (χ4v) is 5.55. The molecule has 3 aliphatic rings. The Morgan fingerprint density at radius 3 is 2.45 bits per heavy atom. The minimum atomic E-state index is 0.0612. The molecule has 0 atom stereocenters. The van der Waals surface area contributed by atoms with Gasteiger partial charge in [0.25, 0.3) is 5.91 Å². The lowest BCUT2D eigenvalue weighted by atomic mass is 9.90. The number of aromatic nitrogens is 2. The maximum absolute atomic E-state index is 13.3. The first kappa shape index (κ1) is 22.1. The van der Waals surface area contributed by atoms with E-state index in [1.807, 2.05) is 15.9 Å². The van der Waals surface area contributed by atoms with Gasteiger partial charge in [-0.3, -0.25) is 19.6 Å². The number of amides is 2. The van der Waals surface area contributed by atoms with E-state index in [9.17, 15) is 9.59 Å². The van der Waals surface area contributed by atoms with E-state index in [0.29, 0.717) is 18.7 Å². The number of H-pyrrole nitrogens is 1. The van der Waals surface area contributed by atoms with E-state index >= 15 is 0 Å². The van der Waals surface area contributed by atoms with Crippen LogP contribution >= 0.6 is 0 Å². The molecule has 0 radical (unpaired) electrons. The van der Waals surface area contributed by atoms with Crippen LogP contribution in [0, 0.1) is 5.92 Å². The summed E-state index contributed by atoms with van der Waals surface area (Å²) in [6.45, 7) is 7.79. The Kier molecular flexibility index (Phi) is 6.49. The smallest absolute Gasteiger partial charge is 0.257 e. The van der Waals surface area contributed by atoms with E-state index in [1.165, 1.54) is 24.0 Å². The first-order valence-corrected chi connectivity index (χ1v) is 12.5. The Hall–Kier alpha value is -2.67. The maximum Gasteiger partial charge on any atom is 0.257 e. The third-order valence-electron chi connectivity index (χ3n) is 7.81. The molecule has 2 saturated heterocycles. The Balaban J connectivity index is 1.17. The number of nitrogens with one attached hydrogen (secondary N) is 1. The Morgan fingerprint density at radius 1 is 0.970 bits per heavy atom. The largest absolute Gasteiger partial charge is 0.342 e. The van der Waals surface area contributed by atoms with Crippen molar-refractivity contribution >= 4 is 11.8 Å². The molecule has 1 N–H and O–H groups in total. The molecule has 0 saturated carbocycles. The molecule has 3 aliphatic heterocycles. The van der Waals surface area contributed by atoms with E-state index in [-0.39, 0.29) is 17.7 Å². The number of benzene rings is 1. The monoisotopic (exact) mass is 449 g/mol. The number of fused-ring (bicyclic) bond motifs is 1. The highest BCUT2D eigenvalue weighted by molar-refractivity contribution is 5.95. The van der Waals surface area contributed by atoms with Gasteiger partial charge in [-0.2, -0.15) is 5.10 Å². The third kappa shape index (κ3) is 4.83. The van der Waals surface area contributed by atoms with Crippen molar-refractivity contribution in [3.63, 3.8) is 0 Å². The Bertz CT molecular complexity index is 986. The quantitative estimate of drug-likeness (QED) is 0.779. The first-order chi connectivity index (χ1) is 16.1. The minimum Gasteiger partial charge on any atom is -0.342 e. The summed E-state index contributed by atoms with van der Waals surface area (Å²) in [5.41, 5.74) is 4.21. The van der Waals surface area contributed by atoms with Crippen molar-refractivity contribution in [1.82, 2.24) is 24.9 Å². The summed E-state index contributed by atoms with van der Waals surface area (Å²) in [6, 6.07) is 8.37. The van der Waals surface area contributed by atoms with E-state index < -0.39 is 0 Å². The molecule has 2 amide bonds. The van der Waals surface area contributed by atoms with Gasteiger partial charge in [-0.15, -0.1) is 0 Å². The van der Waals surface area contributed by atoms with Crippen LogP contribution in [0.25, 0.3) is 0 Å². The average Bonchev–Trinajstić information content (AvgIpc) is 3.35. The zero-order valence-corrected chi connectivity index (χ0v) is 19.6. The van der Waals surface area contributed by atoms with Gasteiger partial charge in [0.05, 0.1) is 24.0 Å². The van der Waals surface area contributed by atoms with Crippen LogP contribution in [0.3, 0.4) is 0 Å². The van der Waals surface area contributed by atoms with Crippen molar-refractivity contribution in [2.75, 3.05) is 39.3 Å². The highest BCUT2D eigenvalue weighted by Crippen LogP contribution is 2.30. The van der Waals surface area contributed by atoms with E-state index in [4.69, 9.17) is 0 Å². The molecule has 33 heavy (non-hydrogen) atoms. The van der Waals surface area contributed by atoms with Gasteiger partial charge in [0.2, 0.25) is 5.91 Å². The second-order valence-electron chi connectivity index (χ2n) is 10.1. The summed E-state index contributed by atoms with van der Waals surface area (Å²) in [4.78, 5) is 32.4. The molecular weight excluding hydrogens is 414 g/mol. The first-order valence-electron chi connectivity index (χ1n) is 12.5. The molecular formula is C26H35N5O2. The second-order valence-corrected chi connectivity index (χ2v) is 10.1. The topological polar surface area (TPSA) is 72.5 Å². The highest BCUT2D eigenvalue weighted by Gasteiger charge is 2.31. The van der Waals surface area contributed by atoms with Crippen LogP contribution in [0.5, 0.6) is 0 Å². The molecule has 4 heterocycles. The lowest BCUT2D eigenvalue weighted by molar-refractivity contribution is -0.133. The van der Waals surface area contributed by atoms with Crippen LogP contribution in [-0.4, -0.2) is 76.0 Å². The molecule has 1 aromatic carbocycles. The predicted molar refractivity (Wildman–Crippen MR) is 127 cm³/mol. The van der Waals surface area contributed by atoms with Gasteiger partial charge >= 0.3 is 0 Å². The van der Waals surface area contributed by atoms with Crippen molar-refractivity contribution in [3.8, 4) is 0 Å². The molecule has 0 aliphatic carbocycles. The molecule has 2 aromatic rings. The van der Waals surface area contributed by atoms with Crippen molar-refractivity contribution in [2.45, 2.75) is 51.5 Å². The number of hydrogen-bond donors (Lipinski definition) is 1. The SMILES string of the molecule is CC1CCN(CC(=O)N2CCC(c3[nH]ncc3C(=O)N3CCc4ccccc4C3)CC2)CC1. The summed E-state index contributed by atoms with van der Waals surface area (Å²) >= 11 is 0. The molecule has 176 valence electrons. The fourth-order valence-electron chi connectivity index (χ4n) is 5.55. The van der Waals surface area contributed by atoms with Crippen LogP contribution in [0.15, 0.2) is 30.5 Å². The molecule has 7 nitrogen and oxygen atoms in total. The predicted octanol–water partition coefficient (Wildman–Crippen LogP) is 3.05. The number of hydrogen-bond acceptors (Lipinski definition) is 4. The molecule has 5 rings (SSSR count). The van der Waals surface area contributed by atoms with Gasteiger partial charge in [-0.05, 0) is 62.2 Å². The van der Waals surface area contributed by atoms with E-state index in [2.05, 4.69) is 40.2 Å². The molecule has 0 spiro atoms. The zero-order valence-electron chi connectivity index (χ0n) is 19.6. The van der Waals surface area contributed by atoms with Crippen LogP contribution in [0.2, 0.25) is 0 Å². The van der Waals surface area contributed by atoms with Gasteiger partial charge in [-0.25, -0.2) is 0 Å². The number of likely N-dealkylation sites (tertiary alicyclic amines) is 2. The molecule has 1 aromatic heterocycles. The van der Waals surface area contributed by atoms with Crippen LogP contribution in [0.1, 0.15) is 65.7 Å². The van der Waals surface area contributed by atoms with Gasteiger partial charge in [-0.1, -0.05) is 31.2 Å². The van der Waals surface area contributed by atoms with E-state index in [1.54, 1.807) is 6.20 Å². The number of carbonyl (C=O) groups excluding carboxylic acids is 2. The van der Waals surface area contributed by atoms with E-state index in [0.717, 1.165) is 63.6 Å². The molecule has 0 bridgehead atoms. The van der Waals surface area contributed by atoms with Gasteiger partial charge in [0, 0.05) is 32.1 Å². The molecule has 2 fully saturated rings. The Morgan fingerprint density at radius 2 is 1.70 bits per heavy atom. The maximum atomic E-state index is 13.3. The standard InChI is InChI=1S/C26H35N5O2/c1-19-6-11-29(12-7-19)18-24(32)30-13-9-21(10-14-30)25-23(16-27-28-25)26(33)31-15-8-20-4-2-3-5-22(20)17-31/h2-5,16,19,21H,6-15,17-18H2,1H3,(H,27,28). The normalized spacial score (nSPS) is 20.6. The lowest BCUT2D eigenvalue weighted by Crippen LogP contribution is -2.45. The fraction of sp³-hybridized carbons (Fsp3) is 0.577. The summed E-state index contributed by atoms with van der Waals surface area (Å²) in [6.07, 6.45) is 6.70. The Labute approximate surface area is 196 Å². The second kappa shape index (κ2) is 9.67. The summed E-state index contributed by atoms with van der Waals surface area (Å²) in [5.74, 6) is 1.32. The number of carbonyl (C=O) groups is 2. The van der Waals surface area contributed by atoms with Gasteiger partial charge < -0.3 is 9.80 Å². The van der Waals surface area contributed by atoms with Crippen molar-refractivity contribution < 1.29 is 9.59 Å².